The fourth-order valence-electron chi connectivity index (χ4n) is 4.26. The summed E-state index contributed by atoms with van der Waals surface area (Å²) in [5.41, 5.74) is 2.13. The van der Waals surface area contributed by atoms with Gasteiger partial charge < -0.3 is 35.4 Å². The lowest BCUT2D eigenvalue weighted by Gasteiger charge is -2.27. The van der Waals surface area contributed by atoms with Gasteiger partial charge in [-0.05, 0) is 57.2 Å². The van der Waals surface area contributed by atoms with Crippen LogP contribution in [-0.2, 0) is 30.5 Å². The van der Waals surface area contributed by atoms with Crippen molar-refractivity contribution in [3.05, 3.63) is 66.8 Å². The van der Waals surface area contributed by atoms with E-state index in [4.69, 9.17) is 9.47 Å². The van der Waals surface area contributed by atoms with Gasteiger partial charge >= 0.3 is 5.97 Å². The van der Waals surface area contributed by atoms with Gasteiger partial charge in [0.1, 0.15) is 18.2 Å². The van der Waals surface area contributed by atoms with Crippen molar-refractivity contribution in [2.75, 3.05) is 39.9 Å². The Bertz CT molecular complexity index is 1100. The van der Waals surface area contributed by atoms with Crippen molar-refractivity contribution in [2.24, 2.45) is 0 Å². The smallest absolute Gasteiger partial charge is 0.315 e. The number of nitrogens with zero attached hydrogens (tertiary/aromatic N) is 1. The fourth-order valence-corrected chi connectivity index (χ4v) is 4.26. The maximum Gasteiger partial charge on any atom is 0.315 e. The van der Waals surface area contributed by atoms with Crippen LogP contribution in [-0.4, -0.2) is 85.7 Å². The molecule has 0 spiro atoms. The van der Waals surface area contributed by atoms with Crippen molar-refractivity contribution in [1.82, 2.24) is 20.9 Å². The maximum absolute atomic E-state index is 12.8. The zero-order valence-corrected chi connectivity index (χ0v) is 26.4. The minimum atomic E-state index is -1.02. The summed E-state index contributed by atoms with van der Waals surface area (Å²) in [4.78, 5) is 51.1. The number of esters is 1. The molecule has 3 amide bonds. The molecule has 44 heavy (non-hydrogen) atoms. The van der Waals surface area contributed by atoms with Gasteiger partial charge in [0.25, 0.3) is 0 Å². The van der Waals surface area contributed by atoms with Gasteiger partial charge in [-0.25, -0.2) is 0 Å². The first-order valence-electron chi connectivity index (χ1n) is 15.1. The number of methoxy groups -OCH3 is 1. The van der Waals surface area contributed by atoms with Crippen molar-refractivity contribution in [3.8, 4) is 5.75 Å². The molecule has 0 aromatic heterocycles. The standard InChI is InChI=1S/C26H40N4O7.C7H10/c1-3-37-25(34)15-23(32)29-22(10-11-24(33)30-12-5-4-6-13-30)26(35)28-18-20(31)17-27-16-19-8-7-9-21(14-19)36-2;1-4-6-7(3)5-2/h7-9,14,20,22,27,31H,3-6,10-13,15-18H2,1-2H3,(H,28,35)(H,29,32);4-6H,1-2H2,3H3/b;7-6-. The molecule has 2 rings (SSSR count). The molecule has 1 aromatic carbocycles. The molecule has 0 aliphatic carbocycles. The van der Waals surface area contributed by atoms with Crippen LogP contribution in [0.1, 0.15) is 57.9 Å². The van der Waals surface area contributed by atoms with Gasteiger partial charge in [-0.2, -0.15) is 0 Å². The number of piperidine rings is 1. The summed E-state index contributed by atoms with van der Waals surface area (Å²) in [6.45, 7) is 12.9. The number of ether oxygens (including phenoxy) is 2. The highest BCUT2D eigenvalue weighted by Crippen LogP contribution is 2.13. The van der Waals surface area contributed by atoms with E-state index in [0.717, 1.165) is 36.1 Å². The third kappa shape index (κ3) is 16.6. The van der Waals surface area contributed by atoms with Crippen LogP contribution in [0.25, 0.3) is 0 Å². The van der Waals surface area contributed by atoms with E-state index in [9.17, 15) is 24.3 Å². The summed E-state index contributed by atoms with van der Waals surface area (Å²) in [5, 5.41) is 18.6. The van der Waals surface area contributed by atoms with E-state index in [1.807, 2.05) is 37.3 Å². The van der Waals surface area contributed by atoms with Crippen LogP contribution in [0.4, 0.5) is 0 Å². The van der Waals surface area contributed by atoms with E-state index in [1.165, 1.54) is 0 Å². The summed E-state index contributed by atoms with van der Waals surface area (Å²) < 4.78 is 9.98. The molecule has 0 radical (unpaired) electrons. The highest BCUT2D eigenvalue weighted by Gasteiger charge is 2.25. The summed E-state index contributed by atoms with van der Waals surface area (Å²) >= 11 is 0. The number of likely N-dealkylation sites (tertiary alicyclic amines) is 1. The number of aliphatic hydroxyl groups excluding tert-OH is 1. The molecule has 1 fully saturated rings. The van der Waals surface area contributed by atoms with Crippen molar-refractivity contribution in [1.29, 1.82) is 0 Å². The Kier molecular flexibility index (Phi) is 19.5. The lowest BCUT2D eigenvalue weighted by atomic mass is 10.1. The highest BCUT2D eigenvalue weighted by molar-refractivity contribution is 5.96. The number of nitrogens with one attached hydrogen (secondary N) is 3. The zero-order valence-electron chi connectivity index (χ0n) is 26.4. The Balaban J connectivity index is 0.00000123. The number of benzene rings is 1. The van der Waals surface area contributed by atoms with Crippen LogP contribution in [0.2, 0.25) is 0 Å². The van der Waals surface area contributed by atoms with Crippen LogP contribution >= 0.6 is 0 Å². The van der Waals surface area contributed by atoms with Crippen LogP contribution in [0.3, 0.4) is 0 Å². The predicted octanol–water partition coefficient (Wildman–Crippen LogP) is 2.80. The zero-order chi connectivity index (χ0) is 32.7. The molecule has 0 bridgehead atoms. The fraction of sp³-hybridized carbons (Fsp3) is 0.515. The molecule has 1 aromatic rings. The first-order valence-corrected chi connectivity index (χ1v) is 15.1. The molecule has 0 saturated carbocycles. The second-order valence-corrected chi connectivity index (χ2v) is 10.3. The second-order valence-electron chi connectivity index (χ2n) is 10.3. The van der Waals surface area contributed by atoms with Crippen LogP contribution in [0, 0.1) is 0 Å². The first kappa shape index (κ1) is 38.1. The first-order chi connectivity index (χ1) is 21.1. The molecule has 1 saturated heterocycles. The van der Waals surface area contributed by atoms with Gasteiger partial charge in [0.05, 0.1) is 19.8 Å². The number of amides is 3. The Morgan fingerprint density at radius 2 is 1.84 bits per heavy atom. The number of carbonyl (C=O) groups excluding carboxylic acids is 4. The van der Waals surface area contributed by atoms with Crippen molar-refractivity contribution < 1.29 is 33.8 Å². The molecule has 244 valence electrons. The molecule has 1 heterocycles. The molecule has 2 atom stereocenters. The molecule has 11 heteroatoms. The lowest BCUT2D eigenvalue weighted by Crippen LogP contribution is -2.50. The topological polar surface area (TPSA) is 146 Å². The average molecular weight is 615 g/mol. The normalized spacial score (nSPS) is 14.2. The third-order valence-electron chi connectivity index (χ3n) is 6.68. The maximum atomic E-state index is 12.8. The van der Waals surface area contributed by atoms with E-state index in [-0.39, 0.29) is 38.4 Å². The third-order valence-corrected chi connectivity index (χ3v) is 6.68. The molecular formula is C33H50N4O7. The van der Waals surface area contributed by atoms with Crippen molar-refractivity contribution in [3.63, 3.8) is 0 Å². The summed E-state index contributed by atoms with van der Waals surface area (Å²) in [6.07, 6.45) is 7.23. The number of hydrogen-bond acceptors (Lipinski definition) is 8. The average Bonchev–Trinajstić information content (AvgIpc) is 3.02. The summed E-state index contributed by atoms with van der Waals surface area (Å²) in [7, 11) is 1.59. The number of hydrogen-bond donors (Lipinski definition) is 4. The number of allylic oxidation sites excluding steroid dienone is 4. The highest BCUT2D eigenvalue weighted by atomic mass is 16.5. The Hall–Kier alpha value is -3.96. The SMILES string of the molecule is C=C/C=C(/C)C=C.CCOC(=O)CC(=O)NC(CCC(=O)N1CCCCC1)C(=O)NCC(O)CNCc1cccc(OC)c1. The van der Waals surface area contributed by atoms with Crippen molar-refractivity contribution >= 4 is 23.7 Å². The van der Waals surface area contributed by atoms with Gasteiger partial charge in [-0.3, -0.25) is 19.2 Å². The number of rotatable bonds is 17. The second kappa shape index (κ2) is 22.6. The van der Waals surface area contributed by atoms with Crippen LogP contribution < -0.4 is 20.7 Å². The van der Waals surface area contributed by atoms with Gasteiger partial charge in [-0.1, -0.05) is 49.1 Å². The number of aliphatic hydroxyl groups is 1. The molecule has 1 aliphatic heterocycles. The van der Waals surface area contributed by atoms with E-state index in [0.29, 0.717) is 19.6 Å². The Labute approximate surface area is 261 Å². The molecule has 11 nitrogen and oxygen atoms in total. The van der Waals surface area contributed by atoms with Crippen LogP contribution in [0.15, 0.2) is 61.2 Å². The lowest BCUT2D eigenvalue weighted by molar-refractivity contribution is -0.146. The Morgan fingerprint density at radius 1 is 1.11 bits per heavy atom. The van der Waals surface area contributed by atoms with Crippen molar-refractivity contribution in [2.45, 2.75) is 71.1 Å². The van der Waals surface area contributed by atoms with E-state index in [2.05, 4.69) is 29.1 Å². The van der Waals surface area contributed by atoms with Gasteiger partial charge in [-0.15, -0.1) is 0 Å². The quantitative estimate of drug-likeness (QED) is 0.119. The van der Waals surface area contributed by atoms with Gasteiger partial charge in [0, 0.05) is 39.1 Å². The summed E-state index contributed by atoms with van der Waals surface area (Å²) in [6, 6.07) is 6.51. The molecule has 4 N–H and O–H groups in total. The minimum absolute atomic E-state index is 0.0474. The monoisotopic (exact) mass is 614 g/mol. The summed E-state index contributed by atoms with van der Waals surface area (Å²) in [5.74, 6) is -1.22. The van der Waals surface area contributed by atoms with Crippen LogP contribution in [0.5, 0.6) is 5.75 Å². The Morgan fingerprint density at radius 3 is 2.45 bits per heavy atom. The number of carbonyl (C=O) groups is 4. The van der Waals surface area contributed by atoms with E-state index in [1.54, 1.807) is 31.1 Å². The van der Waals surface area contributed by atoms with E-state index >= 15 is 0 Å². The largest absolute Gasteiger partial charge is 0.497 e. The molecular weight excluding hydrogens is 564 g/mol. The molecule has 2 unspecified atom stereocenters. The van der Waals surface area contributed by atoms with Gasteiger partial charge in [0.15, 0.2) is 0 Å². The van der Waals surface area contributed by atoms with Gasteiger partial charge in [0.2, 0.25) is 17.7 Å². The minimum Gasteiger partial charge on any atom is -0.497 e. The predicted molar refractivity (Wildman–Crippen MR) is 171 cm³/mol. The van der Waals surface area contributed by atoms with E-state index < -0.39 is 36.4 Å². The molecule has 1 aliphatic rings.